The third-order valence-corrected chi connectivity index (χ3v) is 10.7. The summed E-state index contributed by atoms with van der Waals surface area (Å²) in [4.78, 5) is 25.3. The van der Waals surface area contributed by atoms with Crippen LogP contribution in [0, 0.1) is 0 Å². The molecule has 0 aliphatic heterocycles. The number of aromatic nitrogens is 5. The van der Waals surface area contributed by atoms with Crippen LogP contribution in [0.4, 0.5) is 0 Å². The zero-order valence-electron chi connectivity index (χ0n) is 31.7. The van der Waals surface area contributed by atoms with Gasteiger partial charge in [-0.15, -0.1) is 0 Å². The minimum absolute atomic E-state index is 0.609. The number of benzene rings is 8. The molecule has 0 saturated carbocycles. The second kappa shape index (κ2) is 14.4. The third kappa shape index (κ3) is 6.39. The summed E-state index contributed by atoms with van der Waals surface area (Å²) in [7, 11) is 0. The molecule has 8 aromatic carbocycles. The molecule has 0 fully saturated rings. The Morgan fingerprint density at radius 3 is 1.34 bits per heavy atom. The van der Waals surface area contributed by atoms with E-state index in [1.165, 1.54) is 0 Å². The Labute approximate surface area is 340 Å². The van der Waals surface area contributed by atoms with Crippen molar-refractivity contribution in [3.63, 3.8) is 0 Å². The van der Waals surface area contributed by atoms with E-state index in [-0.39, 0.29) is 0 Å². The van der Waals surface area contributed by atoms with Crippen LogP contribution in [0.25, 0.3) is 112 Å². The molecular formula is C53H33N5O. The monoisotopic (exact) mass is 755 g/mol. The number of furan rings is 1. The number of para-hydroxylation sites is 1. The molecule has 0 N–H and O–H groups in total. The van der Waals surface area contributed by atoms with Crippen molar-refractivity contribution in [2.24, 2.45) is 0 Å². The van der Waals surface area contributed by atoms with E-state index >= 15 is 0 Å². The summed E-state index contributed by atoms with van der Waals surface area (Å²) in [5.74, 6) is 2.51. The first-order valence-corrected chi connectivity index (χ1v) is 19.6. The molecular weight excluding hydrogens is 723 g/mol. The molecule has 0 bridgehead atoms. The fourth-order valence-electron chi connectivity index (χ4n) is 7.88. The lowest BCUT2D eigenvalue weighted by atomic mass is 9.96. The van der Waals surface area contributed by atoms with Crippen molar-refractivity contribution in [2.45, 2.75) is 0 Å². The van der Waals surface area contributed by atoms with Crippen molar-refractivity contribution in [1.82, 2.24) is 24.9 Å². The van der Waals surface area contributed by atoms with E-state index in [1.807, 2.05) is 91.0 Å². The van der Waals surface area contributed by atoms with Crippen LogP contribution in [0.2, 0.25) is 0 Å². The summed E-state index contributed by atoms with van der Waals surface area (Å²) in [6.45, 7) is 0. The largest absolute Gasteiger partial charge is 0.456 e. The van der Waals surface area contributed by atoms with Crippen molar-refractivity contribution in [1.29, 1.82) is 0 Å². The maximum atomic E-state index is 6.46. The first-order valence-electron chi connectivity index (χ1n) is 19.6. The summed E-state index contributed by atoms with van der Waals surface area (Å²) in [5.41, 5.74) is 11.1. The number of nitrogens with zero attached hydrogens (tertiary/aromatic N) is 5. The summed E-state index contributed by atoms with van der Waals surface area (Å²) >= 11 is 0. The van der Waals surface area contributed by atoms with Crippen molar-refractivity contribution in [3.05, 3.63) is 200 Å². The topological polar surface area (TPSA) is 77.6 Å². The molecule has 0 saturated heterocycles. The van der Waals surface area contributed by atoms with E-state index in [2.05, 4.69) is 109 Å². The Balaban J connectivity index is 1.04. The van der Waals surface area contributed by atoms with E-state index in [9.17, 15) is 0 Å². The summed E-state index contributed by atoms with van der Waals surface area (Å²) < 4.78 is 6.46. The molecule has 3 aromatic heterocycles. The molecule has 6 heteroatoms. The van der Waals surface area contributed by atoms with Gasteiger partial charge in [0, 0.05) is 44.2 Å². The van der Waals surface area contributed by atoms with Crippen LogP contribution in [0.5, 0.6) is 0 Å². The number of fused-ring (bicyclic) bond motifs is 5. The molecule has 0 unspecified atom stereocenters. The highest BCUT2D eigenvalue weighted by atomic mass is 16.3. The van der Waals surface area contributed by atoms with E-state index in [1.54, 1.807) is 0 Å². The van der Waals surface area contributed by atoms with Crippen LogP contribution < -0.4 is 0 Å². The number of hydrogen-bond acceptors (Lipinski definition) is 6. The van der Waals surface area contributed by atoms with E-state index in [0.29, 0.717) is 23.3 Å². The van der Waals surface area contributed by atoms with E-state index < -0.39 is 0 Å². The molecule has 0 radical (unpaired) electrons. The van der Waals surface area contributed by atoms with Gasteiger partial charge in [-0.25, -0.2) is 24.9 Å². The van der Waals surface area contributed by atoms with Gasteiger partial charge in [0.1, 0.15) is 11.2 Å². The molecule has 3 heterocycles. The Hall–Kier alpha value is -8.09. The van der Waals surface area contributed by atoms with Crippen molar-refractivity contribution >= 4 is 32.7 Å². The Kier molecular flexibility index (Phi) is 8.37. The van der Waals surface area contributed by atoms with Crippen molar-refractivity contribution < 1.29 is 4.42 Å². The molecule has 0 aliphatic rings. The van der Waals surface area contributed by atoms with E-state index in [0.717, 1.165) is 88.6 Å². The Morgan fingerprint density at radius 1 is 0.271 bits per heavy atom. The summed E-state index contributed by atoms with van der Waals surface area (Å²) in [6, 6.07) is 68.1. The van der Waals surface area contributed by atoms with Gasteiger partial charge in [0.05, 0.1) is 11.4 Å². The third-order valence-electron chi connectivity index (χ3n) is 10.7. The minimum atomic E-state index is 0.609. The average molecular weight is 756 g/mol. The van der Waals surface area contributed by atoms with Crippen LogP contribution >= 0.6 is 0 Å². The second-order valence-corrected chi connectivity index (χ2v) is 14.5. The smallest absolute Gasteiger partial charge is 0.164 e. The minimum Gasteiger partial charge on any atom is -0.456 e. The number of rotatable bonds is 7. The van der Waals surface area contributed by atoms with Gasteiger partial charge in [0.2, 0.25) is 0 Å². The van der Waals surface area contributed by atoms with Crippen molar-refractivity contribution in [2.75, 3.05) is 0 Å². The van der Waals surface area contributed by atoms with Gasteiger partial charge in [-0.2, -0.15) is 0 Å². The standard InChI is InChI=1S/C53H33N5O/c1-4-16-34(17-5-1)50-54-45(33-46(55-50)44-32-48-49(42-27-11-10-26-41(42)44)43-28-12-13-29-47(43)59-48)39-24-14-22-37(30-39)38-23-15-25-40(31-38)53-57-51(35-18-6-2-7-19-35)56-52(58-53)36-20-8-3-9-21-36/h1-33H. The van der Waals surface area contributed by atoms with E-state index in [4.69, 9.17) is 29.3 Å². The highest BCUT2D eigenvalue weighted by molar-refractivity contribution is 6.22. The lowest BCUT2D eigenvalue weighted by molar-refractivity contribution is 0.669. The summed E-state index contributed by atoms with van der Waals surface area (Å²) in [6.07, 6.45) is 0. The maximum absolute atomic E-state index is 6.46. The predicted octanol–water partition coefficient (Wildman–Crippen LogP) is 13.4. The Morgan fingerprint density at radius 2 is 0.712 bits per heavy atom. The zero-order chi connectivity index (χ0) is 39.1. The van der Waals surface area contributed by atoms with Crippen LogP contribution in [0.15, 0.2) is 205 Å². The van der Waals surface area contributed by atoms with Crippen LogP contribution in [0.1, 0.15) is 0 Å². The quantitative estimate of drug-likeness (QED) is 0.161. The fourth-order valence-corrected chi connectivity index (χ4v) is 7.88. The Bertz CT molecular complexity index is 3270. The van der Waals surface area contributed by atoms with Gasteiger partial charge in [0.25, 0.3) is 0 Å². The normalized spacial score (nSPS) is 11.4. The first kappa shape index (κ1) is 34.2. The highest BCUT2D eigenvalue weighted by Gasteiger charge is 2.19. The summed E-state index contributed by atoms with van der Waals surface area (Å²) in [5, 5.41) is 4.43. The van der Waals surface area contributed by atoms with Crippen LogP contribution in [0.3, 0.4) is 0 Å². The van der Waals surface area contributed by atoms with Crippen LogP contribution in [-0.2, 0) is 0 Å². The second-order valence-electron chi connectivity index (χ2n) is 14.5. The first-order chi connectivity index (χ1) is 29.2. The molecule has 276 valence electrons. The SMILES string of the molecule is c1ccc(-c2nc(-c3cccc(-c4cccc(-c5nc(-c6ccccc6)nc(-c6ccccc6)n5)c4)c3)cc(-c3cc4oc5ccccc5c4c4ccccc34)n2)cc1. The molecule has 0 spiro atoms. The zero-order valence-corrected chi connectivity index (χ0v) is 31.7. The average Bonchev–Trinajstić information content (AvgIpc) is 3.71. The van der Waals surface area contributed by atoms with Gasteiger partial charge < -0.3 is 4.42 Å². The fraction of sp³-hybridized carbons (Fsp3) is 0. The van der Waals surface area contributed by atoms with Crippen LogP contribution in [-0.4, -0.2) is 24.9 Å². The van der Waals surface area contributed by atoms with Gasteiger partial charge in [-0.3, -0.25) is 0 Å². The van der Waals surface area contributed by atoms with Crippen molar-refractivity contribution in [3.8, 4) is 79.2 Å². The molecule has 0 atom stereocenters. The maximum Gasteiger partial charge on any atom is 0.164 e. The number of hydrogen-bond donors (Lipinski definition) is 0. The molecule has 6 nitrogen and oxygen atoms in total. The molecule has 11 rings (SSSR count). The highest BCUT2D eigenvalue weighted by Crippen LogP contribution is 2.41. The van der Waals surface area contributed by atoms with Gasteiger partial charge in [0.15, 0.2) is 23.3 Å². The lowest BCUT2D eigenvalue weighted by Gasteiger charge is -2.13. The molecule has 59 heavy (non-hydrogen) atoms. The van der Waals surface area contributed by atoms with Gasteiger partial charge in [-0.05, 0) is 52.2 Å². The molecule has 0 amide bonds. The van der Waals surface area contributed by atoms with Gasteiger partial charge >= 0.3 is 0 Å². The lowest BCUT2D eigenvalue weighted by Crippen LogP contribution is -2.00. The van der Waals surface area contributed by atoms with Gasteiger partial charge in [-0.1, -0.05) is 170 Å². The predicted molar refractivity (Wildman–Crippen MR) is 238 cm³/mol. The molecule has 11 aromatic rings. The molecule has 0 aliphatic carbocycles.